The van der Waals surface area contributed by atoms with Crippen LogP contribution in [-0.4, -0.2) is 33.7 Å². The van der Waals surface area contributed by atoms with E-state index in [-0.39, 0.29) is 29.9 Å². The molecule has 0 bridgehead atoms. The zero-order chi connectivity index (χ0) is 16.3. The number of aliphatic imine (C=N–C) groups is 2. The largest absolute Gasteiger partial charge is 0.408 e. The molecule has 1 aromatic heterocycles. The molecule has 0 aromatic carbocycles. The number of carbonyl (C=O) groups excluding carboxylic acids is 1. The van der Waals surface area contributed by atoms with Crippen molar-refractivity contribution in [3.8, 4) is 0 Å². The molecule has 118 valence electrons. The van der Waals surface area contributed by atoms with Crippen molar-refractivity contribution in [2.75, 3.05) is 0 Å². The van der Waals surface area contributed by atoms with Crippen LogP contribution in [0.5, 0.6) is 0 Å². The number of hydrogen-bond donors (Lipinski definition) is 0. The summed E-state index contributed by atoms with van der Waals surface area (Å²) in [5.41, 5.74) is 0.237. The summed E-state index contributed by atoms with van der Waals surface area (Å²) in [5, 5.41) is 0. The van der Waals surface area contributed by atoms with Gasteiger partial charge in [0.25, 0.3) is 5.56 Å². The van der Waals surface area contributed by atoms with Crippen LogP contribution in [0.1, 0.15) is 32.8 Å². The topological polar surface area (TPSA) is 85.9 Å². The lowest BCUT2D eigenvalue weighted by Gasteiger charge is -2.07. The molecule has 1 unspecified atom stereocenters. The lowest BCUT2D eigenvalue weighted by molar-refractivity contribution is -0.135. The van der Waals surface area contributed by atoms with Crippen molar-refractivity contribution in [1.82, 2.24) is 9.55 Å². The van der Waals surface area contributed by atoms with Gasteiger partial charge in [0.1, 0.15) is 12.9 Å². The summed E-state index contributed by atoms with van der Waals surface area (Å²) in [7, 11) is 0. The summed E-state index contributed by atoms with van der Waals surface area (Å²) in [5.74, 6) is 0.570. The molecule has 1 aliphatic rings. The number of cyclic esters (lactones) is 1. The SMILES string of the molecule is CCC1N=C(Cn2cnc(N=CC(C)C)c(C)c2=O)OC1=O. The van der Waals surface area contributed by atoms with E-state index in [1.165, 1.54) is 10.9 Å². The van der Waals surface area contributed by atoms with Crippen LogP contribution in [0.2, 0.25) is 0 Å². The normalized spacial score (nSPS) is 18.1. The van der Waals surface area contributed by atoms with Gasteiger partial charge in [-0.05, 0) is 19.3 Å². The summed E-state index contributed by atoms with van der Waals surface area (Å²) < 4.78 is 6.44. The van der Waals surface area contributed by atoms with Gasteiger partial charge in [-0.2, -0.15) is 0 Å². The summed E-state index contributed by atoms with van der Waals surface area (Å²) in [6.45, 7) is 7.63. The fourth-order valence-corrected chi connectivity index (χ4v) is 1.96. The Hall–Kier alpha value is -2.31. The molecule has 2 rings (SSSR count). The summed E-state index contributed by atoms with van der Waals surface area (Å²) >= 11 is 0. The predicted octanol–water partition coefficient (Wildman–Crippen LogP) is 1.64. The van der Waals surface area contributed by atoms with Gasteiger partial charge in [0.05, 0.1) is 5.56 Å². The van der Waals surface area contributed by atoms with Gasteiger partial charge < -0.3 is 4.74 Å². The molecule has 0 radical (unpaired) electrons. The van der Waals surface area contributed by atoms with Crippen molar-refractivity contribution < 1.29 is 9.53 Å². The van der Waals surface area contributed by atoms with Crippen LogP contribution in [0.4, 0.5) is 5.82 Å². The number of rotatable bonds is 5. The third kappa shape index (κ3) is 3.47. The van der Waals surface area contributed by atoms with E-state index in [1.807, 2.05) is 20.8 Å². The Kier molecular flexibility index (Phi) is 4.85. The average molecular weight is 304 g/mol. The maximum atomic E-state index is 12.3. The number of ether oxygens (including phenoxy) is 1. The van der Waals surface area contributed by atoms with Crippen molar-refractivity contribution in [1.29, 1.82) is 0 Å². The van der Waals surface area contributed by atoms with Gasteiger partial charge in [-0.3, -0.25) is 9.36 Å². The fraction of sp³-hybridized carbons (Fsp3) is 0.533. The smallest absolute Gasteiger partial charge is 0.337 e. The first-order chi connectivity index (χ1) is 10.4. The van der Waals surface area contributed by atoms with Crippen molar-refractivity contribution >= 4 is 23.9 Å². The molecule has 1 aromatic rings. The standard InChI is InChI=1S/C15H20N4O3/c1-5-11-15(21)22-12(18-11)7-19-8-17-13(10(4)14(19)20)16-6-9(2)3/h6,8-9,11H,5,7H2,1-4H3. The zero-order valence-electron chi connectivity index (χ0n) is 13.2. The third-order valence-electron chi connectivity index (χ3n) is 3.21. The molecular formula is C15H20N4O3. The first-order valence-electron chi connectivity index (χ1n) is 7.31. The van der Waals surface area contributed by atoms with Crippen LogP contribution in [0.3, 0.4) is 0 Å². The van der Waals surface area contributed by atoms with Crippen molar-refractivity contribution in [3.05, 3.63) is 22.2 Å². The number of aromatic nitrogens is 2. The number of nitrogens with zero attached hydrogens (tertiary/aromatic N) is 4. The van der Waals surface area contributed by atoms with Gasteiger partial charge in [-0.1, -0.05) is 20.8 Å². The van der Waals surface area contributed by atoms with E-state index in [1.54, 1.807) is 13.1 Å². The maximum absolute atomic E-state index is 12.3. The Balaban J connectivity index is 2.22. The molecule has 1 atom stereocenters. The van der Waals surface area contributed by atoms with Crippen LogP contribution < -0.4 is 5.56 Å². The van der Waals surface area contributed by atoms with E-state index in [9.17, 15) is 9.59 Å². The predicted molar refractivity (Wildman–Crippen MR) is 83.8 cm³/mol. The van der Waals surface area contributed by atoms with Crippen LogP contribution in [-0.2, 0) is 16.1 Å². The van der Waals surface area contributed by atoms with Crippen molar-refractivity contribution in [2.45, 2.75) is 46.7 Å². The lowest BCUT2D eigenvalue weighted by Crippen LogP contribution is -2.26. The van der Waals surface area contributed by atoms with Gasteiger partial charge in [-0.25, -0.2) is 19.8 Å². The van der Waals surface area contributed by atoms with Gasteiger partial charge >= 0.3 is 5.97 Å². The van der Waals surface area contributed by atoms with Crippen molar-refractivity contribution in [3.63, 3.8) is 0 Å². The molecule has 22 heavy (non-hydrogen) atoms. The average Bonchev–Trinajstić information content (AvgIpc) is 2.83. The number of esters is 1. The molecular weight excluding hydrogens is 284 g/mol. The van der Waals surface area contributed by atoms with Crippen LogP contribution in [0.15, 0.2) is 21.1 Å². The summed E-state index contributed by atoms with van der Waals surface area (Å²) in [6.07, 6.45) is 3.73. The van der Waals surface area contributed by atoms with E-state index in [4.69, 9.17) is 4.74 Å². The minimum atomic E-state index is -0.463. The minimum absolute atomic E-state index is 0.100. The highest BCUT2D eigenvalue weighted by atomic mass is 16.6. The lowest BCUT2D eigenvalue weighted by atomic mass is 10.2. The second kappa shape index (κ2) is 6.64. The van der Waals surface area contributed by atoms with Gasteiger partial charge in [0.15, 0.2) is 11.9 Å². The molecule has 0 spiro atoms. The summed E-state index contributed by atoms with van der Waals surface area (Å²) in [6, 6.07) is -0.463. The van der Waals surface area contributed by atoms with Gasteiger partial charge in [0, 0.05) is 6.21 Å². The van der Waals surface area contributed by atoms with Crippen LogP contribution >= 0.6 is 0 Å². The summed E-state index contributed by atoms with van der Waals surface area (Å²) in [4.78, 5) is 36.4. The third-order valence-corrected chi connectivity index (χ3v) is 3.21. The fourth-order valence-electron chi connectivity index (χ4n) is 1.96. The molecule has 0 fully saturated rings. The Labute approximate surface area is 128 Å². The molecule has 0 saturated heterocycles. The van der Waals surface area contributed by atoms with E-state index in [0.717, 1.165) is 0 Å². The Bertz CT molecular complexity index is 689. The van der Waals surface area contributed by atoms with Crippen molar-refractivity contribution in [2.24, 2.45) is 15.9 Å². The first-order valence-corrected chi connectivity index (χ1v) is 7.31. The molecule has 0 saturated carbocycles. The monoisotopic (exact) mass is 304 g/mol. The van der Waals surface area contributed by atoms with Crippen LogP contribution in [0, 0.1) is 12.8 Å². The minimum Gasteiger partial charge on any atom is -0.408 e. The Morgan fingerprint density at radius 2 is 2.18 bits per heavy atom. The molecule has 0 aliphatic carbocycles. The second-order valence-electron chi connectivity index (χ2n) is 5.52. The highest BCUT2D eigenvalue weighted by Gasteiger charge is 2.27. The number of carbonyl (C=O) groups is 1. The molecule has 1 aliphatic heterocycles. The zero-order valence-corrected chi connectivity index (χ0v) is 13.2. The van der Waals surface area contributed by atoms with Crippen LogP contribution in [0.25, 0.3) is 0 Å². The Morgan fingerprint density at radius 1 is 1.45 bits per heavy atom. The number of hydrogen-bond acceptors (Lipinski definition) is 6. The molecule has 7 nitrogen and oxygen atoms in total. The van der Waals surface area contributed by atoms with E-state index in [2.05, 4.69) is 15.0 Å². The second-order valence-corrected chi connectivity index (χ2v) is 5.52. The molecule has 0 N–H and O–H groups in total. The first kappa shape index (κ1) is 16.1. The molecule has 7 heteroatoms. The molecule has 2 heterocycles. The maximum Gasteiger partial charge on any atom is 0.337 e. The van der Waals surface area contributed by atoms with E-state index < -0.39 is 6.04 Å². The van der Waals surface area contributed by atoms with Gasteiger partial charge in [-0.15, -0.1) is 0 Å². The highest BCUT2D eigenvalue weighted by Crippen LogP contribution is 2.12. The molecule has 0 amide bonds. The van der Waals surface area contributed by atoms with E-state index in [0.29, 0.717) is 17.8 Å². The Morgan fingerprint density at radius 3 is 2.77 bits per heavy atom. The highest BCUT2D eigenvalue weighted by molar-refractivity contribution is 5.97. The van der Waals surface area contributed by atoms with Gasteiger partial charge in [0.2, 0.25) is 5.90 Å². The quantitative estimate of drug-likeness (QED) is 0.611. The van der Waals surface area contributed by atoms with E-state index >= 15 is 0 Å².